The Morgan fingerprint density at radius 3 is 2.41 bits per heavy atom. The normalized spacial score (nSPS) is 11.4. The largest absolute Gasteiger partial charge is 0.497 e. The average Bonchev–Trinajstić information content (AvgIpc) is 2.38. The van der Waals surface area contributed by atoms with Crippen molar-refractivity contribution in [2.45, 2.75) is 32.0 Å². The van der Waals surface area contributed by atoms with Crippen LogP contribution in [-0.2, 0) is 6.04 Å². The Bertz CT molecular complexity index is 364. The van der Waals surface area contributed by atoms with Crippen LogP contribution in [0.1, 0.15) is 19.4 Å². The number of benzene rings is 1. The summed E-state index contributed by atoms with van der Waals surface area (Å²) in [6, 6.07) is 8.54. The maximum Gasteiger partial charge on any atom is 0.192 e. The third-order valence-electron chi connectivity index (χ3n) is 3.42. The Labute approximate surface area is 105 Å². The first-order chi connectivity index (χ1) is 8.08. The van der Waals surface area contributed by atoms with Crippen LogP contribution in [0.2, 0.25) is 12.1 Å². The van der Waals surface area contributed by atoms with Crippen molar-refractivity contribution in [1.82, 2.24) is 0 Å². The SMILES string of the molecule is CC[Si](O)(CC)Cc1cc(OC)ccc1NC. The van der Waals surface area contributed by atoms with E-state index < -0.39 is 8.32 Å². The van der Waals surface area contributed by atoms with Gasteiger partial charge in [0, 0.05) is 12.7 Å². The third-order valence-corrected chi connectivity index (χ3v) is 7.09. The highest BCUT2D eigenvalue weighted by molar-refractivity contribution is 6.71. The van der Waals surface area contributed by atoms with Crippen LogP contribution in [0.3, 0.4) is 0 Å². The molecule has 0 aliphatic rings. The second kappa shape index (κ2) is 6.07. The molecule has 3 nitrogen and oxygen atoms in total. The number of hydrogen-bond donors (Lipinski definition) is 2. The van der Waals surface area contributed by atoms with E-state index in [0.717, 1.165) is 35.1 Å². The summed E-state index contributed by atoms with van der Waals surface area (Å²) in [5.74, 6) is 0.850. The molecule has 4 heteroatoms. The van der Waals surface area contributed by atoms with Gasteiger partial charge in [0.05, 0.1) is 7.11 Å². The molecule has 0 fully saturated rings. The van der Waals surface area contributed by atoms with E-state index >= 15 is 0 Å². The molecule has 0 aliphatic carbocycles. The van der Waals surface area contributed by atoms with Gasteiger partial charge in [0.25, 0.3) is 0 Å². The first-order valence-electron chi connectivity index (χ1n) is 6.15. The van der Waals surface area contributed by atoms with Gasteiger partial charge >= 0.3 is 0 Å². The average molecular weight is 253 g/mol. The van der Waals surface area contributed by atoms with Gasteiger partial charge in [-0.15, -0.1) is 0 Å². The second-order valence-electron chi connectivity index (χ2n) is 4.38. The van der Waals surface area contributed by atoms with Crippen LogP contribution < -0.4 is 10.1 Å². The standard InChI is InChI=1S/C13H23NO2Si/c1-5-17(15,6-2)10-11-9-12(16-4)7-8-13(11)14-3/h7-9,14-15H,5-6,10H2,1-4H3. The van der Waals surface area contributed by atoms with Gasteiger partial charge < -0.3 is 14.8 Å². The molecule has 0 bridgehead atoms. The fourth-order valence-electron chi connectivity index (χ4n) is 1.94. The van der Waals surface area contributed by atoms with Crippen LogP contribution >= 0.6 is 0 Å². The van der Waals surface area contributed by atoms with Crippen molar-refractivity contribution in [3.05, 3.63) is 23.8 Å². The van der Waals surface area contributed by atoms with E-state index in [4.69, 9.17) is 4.74 Å². The van der Waals surface area contributed by atoms with E-state index in [1.54, 1.807) is 7.11 Å². The summed E-state index contributed by atoms with van der Waals surface area (Å²) in [4.78, 5) is 10.5. The van der Waals surface area contributed by atoms with Gasteiger partial charge in [-0.3, -0.25) is 0 Å². The molecule has 1 aromatic rings. The molecule has 1 aromatic carbocycles. The van der Waals surface area contributed by atoms with E-state index in [-0.39, 0.29) is 0 Å². The van der Waals surface area contributed by atoms with Crippen LogP contribution in [0.25, 0.3) is 0 Å². The topological polar surface area (TPSA) is 41.5 Å². The molecule has 0 spiro atoms. The Balaban J connectivity index is 3.02. The van der Waals surface area contributed by atoms with Crippen molar-refractivity contribution < 1.29 is 9.53 Å². The van der Waals surface area contributed by atoms with Crippen molar-refractivity contribution in [1.29, 1.82) is 0 Å². The lowest BCUT2D eigenvalue weighted by Crippen LogP contribution is -2.36. The van der Waals surface area contributed by atoms with E-state index in [2.05, 4.69) is 19.2 Å². The number of ether oxygens (including phenoxy) is 1. The highest BCUT2D eigenvalue weighted by Gasteiger charge is 2.27. The highest BCUT2D eigenvalue weighted by atomic mass is 28.4. The van der Waals surface area contributed by atoms with Crippen molar-refractivity contribution in [3.63, 3.8) is 0 Å². The quantitative estimate of drug-likeness (QED) is 0.766. The summed E-state index contributed by atoms with van der Waals surface area (Å²) in [5.41, 5.74) is 2.24. The van der Waals surface area contributed by atoms with Gasteiger partial charge in [-0.1, -0.05) is 13.8 Å². The lowest BCUT2D eigenvalue weighted by molar-refractivity contribution is 0.414. The zero-order valence-electron chi connectivity index (χ0n) is 11.2. The van der Waals surface area contributed by atoms with Crippen LogP contribution in [0, 0.1) is 0 Å². The molecular weight excluding hydrogens is 230 g/mol. The lowest BCUT2D eigenvalue weighted by atomic mass is 10.2. The summed E-state index contributed by atoms with van der Waals surface area (Å²) in [5, 5.41) is 3.17. The number of methoxy groups -OCH3 is 1. The molecule has 2 N–H and O–H groups in total. The molecular formula is C13H23NO2Si. The van der Waals surface area contributed by atoms with Gasteiger partial charge in [0.15, 0.2) is 8.32 Å². The molecule has 0 amide bonds. The van der Waals surface area contributed by atoms with E-state index in [0.29, 0.717) is 0 Å². The summed E-state index contributed by atoms with van der Waals surface area (Å²) in [6.45, 7) is 4.16. The minimum absolute atomic E-state index is 0.785. The van der Waals surface area contributed by atoms with E-state index in [9.17, 15) is 4.80 Å². The van der Waals surface area contributed by atoms with Crippen LogP contribution in [-0.4, -0.2) is 27.3 Å². The smallest absolute Gasteiger partial charge is 0.192 e. The zero-order valence-corrected chi connectivity index (χ0v) is 12.2. The van der Waals surface area contributed by atoms with Gasteiger partial charge in [-0.2, -0.15) is 0 Å². The predicted octanol–water partition coefficient (Wildman–Crippen LogP) is 2.80. The van der Waals surface area contributed by atoms with E-state index in [1.807, 2.05) is 25.2 Å². The molecule has 0 unspecified atom stereocenters. The van der Waals surface area contributed by atoms with Crippen LogP contribution in [0.4, 0.5) is 5.69 Å². The first kappa shape index (κ1) is 14.1. The molecule has 0 saturated carbocycles. The summed E-state index contributed by atoms with van der Waals surface area (Å²) in [7, 11) is 1.46. The number of anilines is 1. The zero-order chi connectivity index (χ0) is 12.9. The van der Waals surface area contributed by atoms with Crippen molar-refractivity contribution in [2.24, 2.45) is 0 Å². The molecule has 0 radical (unpaired) electrons. The fraction of sp³-hybridized carbons (Fsp3) is 0.538. The van der Waals surface area contributed by atoms with Crippen LogP contribution in [0.5, 0.6) is 5.75 Å². The molecule has 0 aromatic heterocycles. The molecule has 96 valence electrons. The van der Waals surface area contributed by atoms with Gasteiger partial charge in [0.1, 0.15) is 5.75 Å². The van der Waals surface area contributed by atoms with Crippen molar-refractivity contribution >= 4 is 14.0 Å². The monoisotopic (exact) mass is 253 g/mol. The van der Waals surface area contributed by atoms with Crippen molar-refractivity contribution in [2.75, 3.05) is 19.5 Å². The fourth-order valence-corrected chi connectivity index (χ4v) is 3.94. The maximum atomic E-state index is 10.5. The molecule has 0 saturated heterocycles. The number of hydrogen-bond acceptors (Lipinski definition) is 3. The predicted molar refractivity (Wildman–Crippen MR) is 75.2 cm³/mol. The Morgan fingerprint density at radius 1 is 1.29 bits per heavy atom. The lowest BCUT2D eigenvalue weighted by Gasteiger charge is -2.23. The molecule has 17 heavy (non-hydrogen) atoms. The Kier molecular flexibility index (Phi) is 5.02. The highest BCUT2D eigenvalue weighted by Crippen LogP contribution is 2.27. The third kappa shape index (κ3) is 3.48. The molecule has 1 rings (SSSR count). The number of rotatable bonds is 6. The summed E-state index contributed by atoms with van der Waals surface area (Å²) in [6.07, 6.45) is 0. The Hall–Kier alpha value is -1.00. The second-order valence-corrected chi connectivity index (χ2v) is 8.60. The van der Waals surface area contributed by atoms with Crippen molar-refractivity contribution in [3.8, 4) is 5.75 Å². The first-order valence-corrected chi connectivity index (χ1v) is 8.72. The Morgan fingerprint density at radius 2 is 1.94 bits per heavy atom. The summed E-state index contributed by atoms with van der Waals surface area (Å²) < 4.78 is 5.24. The van der Waals surface area contributed by atoms with Gasteiger partial charge in [-0.25, -0.2) is 0 Å². The minimum Gasteiger partial charge on any atom is -0.497 e. The number of nitrogens with one attached hydrogen (secondary N) is 1. The summed E-state index contributed by atoms with van der Waals surface area (Å²) >= 11 is 0. The van der Waals surface area contributed by atoms with E-state index in [1.165, 1.54) is 0 Å². The minimum atomic E-state index is -2.12. The van der Waals surface area contributed by atoms with Crippen LogP contribution in [0.15, 0.2) is 18.2 Å². The molecule has 0 atom stereocenters. The molecule has 0 aliphatic heterocycles. The van der Waals surface area contributed by atoms with Gasteiger partial charge in [-0.05, 0) is 41.9 Å². The van der Waals surface area contributed by atoms with Gasteiger partial charge in [0.2, 0.25) is 0 Å². The maximum absolute atomic E-state index is 10.5. The molecule has 0 heterocycles.